The van der Waals surface area contributed by atoms with E-state index in [1.165, 1.54) is 35.0 Å². The molecule has 1 aromatic heterocycles. The number of carbonyl (C=O) groups is 1. The monoisotopic (exact) mass is 427 g/mol. The Labute approximate surface area is 174 Å². The van der Waals surface area contributed by atoms with Gasteiger partial charge in [0.2, 0.25) is 10.0 Å². The molecule has 0 radical (unpaired) electrons. The van der Waals surface area contributed by atoms with Crippen molar-refractivity contribution in [1.82, 2.24) is 14.5 Å². The lowest BCUT2D eigenvalue weighted by Crippen LogP contribution is -2.32. The normalized spacial score (nSPS) is 11.2. The number of hydrogen-bond donors (Lipinski definition) is 1. The summed E-state index contributed by atoms with van der Waals surface area (Å²) in [7, 11) is -3.81. The van der Waals surface area contributed by atoms with Crippen LogP contribution >= 0.6 is 0 Å². The van der Waals surface area contributed by atoms with E-state index in [-0.39, 0.29) is 35.7 Å². The fourth-order valence-corrected chi connectivity index (χ4v) is 3.75. The van der Waals surface area contributed by atoms with Crippen LogP contribution < -0.4 is 10.3 Å². The Morgan fingerprint density at radius 1 is 1.03 bits per heavy atom. The van der Waals surface area contributed by atoms with Crippen LogP contribution in [0.5, 0.6) is 0 Å². The van der Waals surface area contributed by atoms with E-state index < -0.39 is 16.0 Å². The molecular formula is C21H21N3O5S. The Bertz CT molecular complexity index is 1170. The van der Waals surface area contributed by atoms with Gasteiger partial charge in [0.1, 0.15) is 0 Å². The minimum atomic E-state index is -3.81. The van der Waals surface area contributed by atoms with Gasteiger partial charge in [-0.3, -0.25) is 4.79 Å². The molecule has 30 heavy (non-hydrogen) atoms. The average Bonchev–Trinajstić information content (AvgIpc) is 2.76. The van der Waals surface area contributed by atoms with Crippen LogP contribution in [-0.2, 0) is 21.3 Å². The molecule has 0 amide bonds. The summed E-state index contributed by atoms with van der Waals surface area (Å²) in [6.45, 7) is 1.97. The molecule has 0 aliphatic heterocycles. The van der Waals surface area contributed by atoms with Crippen LogP contribution in [0.15, 0.2) is 76.4 Å². The van der Waals surface area contributed by atoms with Crippen molar-refractivity contribution in [2.24, 2.45) is 0 Å². The zero-order valence-electron chi connectivity index (χ0n) is 16.3. The number of aromatic nitrogens is 2. The number of carbonyl (C=O) groups excluding carboxylic acids is 1. The maximum Gasteiger partial charge on any atom is 0.338 e. The third-order valence-corrected chi connectivity index (χ3v) is 5.70. The molecule has 0 aliphatic rings. The maximum absolute atomic E-state index is 12.5. The predicted molar refractivity (Wildman–Crippen MR) is 112 cm³/mol. The molecule has 0 saturated heterocycles. The van der Waals surface area contributed by atoms with Crippen LogP contribution in [0.2, 0.25) is 0 Å². The molecule has 0 unspecified atom stereocenters. The highest BCUT2D eigenvalue weighted by Crippen LogP contribution is 2.14. The first-order valence-electron chi connectivity index (χ1n) is 9.31. The van der Waals surface area contributed by atoms with Gasteiger partial charge in [0.25, 0.3) is 5.56 Å². The van der Waals surface area contributed by atoms with Crippen molar-refractivity contribution in [2.45, 2.75) is 18.4 Å². The Hall–Kier alpha value is -3.30. The zero-order valence-corrected chi connectivity index (χ0v) is 17.1. The fourth-order valence-electron chi connectivity index (χ4n) is 2.73. The number of benzene rings is 2. The molecule has 3 aromatic rings. The van der Waals surface area contributed by atoms with Gasteiger partial charge in [0.05, 0.1) is 29.3 Å². The van der Waals surface area contributed by atoms with Gasteiger partial charge in [-0.15, -0.1) is 0 Å². The van der Waals surface area contributed by atoms with Gasteiger partial charge in [0.15, 0.2) is 0 Å². The summed E-state index contributed by atoms with van der Waals surface area (Å²) in [6, 6.07) is 17.8. The average molecular weight is 427 g/mol. The summed E-state index contributed by atoms with van der Waals surface area (Å²) in [5, 5.41) is 4.30. The molecule has 8 nitrogen and oxygen atoms in total. The molecule has 0 bridgehead atoms. The van der Waals surface area contributed by atoms with Gasteiger partial charge in [-0.1, -0.05) is 30.3 Å². The summed E-state index contributed by atoms with van der Waals surface area (Å²) < 4.78 is 33.5. The Morgan fingerprint density at radius 3 is 2.40 bits per heavy atom. The van der Waals surface area contributed by atoms with Gasteiger partial charge < -0.3 is 4.74 Å². The second-order valence-corrected chi connectivity index (χ2v) is 8.06. The molecular weight excluding hydrogens is 406 g/mol. The number of rotatable bonds is 8. The van der Waals surface area contributed by atoms with Gasteiger partial charge in [-0.05, 0) is 37.3 Å². The lowest BCUT2D eigenvalue weighted by Gasteiger charge is -2.10. The smallest absolute Gasteiger partial charge is 0.338 e. The molecule has 0 spiro atoms. The van der Waals surface area contributed by atoms with E-state index in [0.29, 0.717) is 5.69 Å². The molecule has 0 atom stereocenters. The number of ether oxygens (including phenoxy) is 1. The standard InChI is InChI=1S/C21H21N3O5S/c1-2-29-21(26)17-8-10-18(11-9-17)30(27,28)22-14-15-24-20(25)13-12-19(23-24)16-6-4-3-5-7-16/h3-13,22H,2,14-15H2,1H3. The molecule has 3 rings (SSSR count). The lowest BCUT2D eigenvalue weighted by atomic mass is 10.1. The largest absolute Gasteiger partial charge is 0.462 e. The van der Waals surface area contributed by atoms with Crippen LogP contribution in [0.3, 0.4) is 0 Å². The van der Waals surface area contributed by atoms with Crippen molar-refractivity contribution in [2.75, 3.05) is 13.2 Å². The van der Waals surface area contributed by atoms with Crippen molar-refractivity contribution in [3.05, 3.63) is 82.6 Å². The minimum absolute atomic E-state index is 0.00823. The van der Waals surface area contributed by atoms with Crippen LogP contribution in [-0.4, -0.2) is 37.3 Å². The van der Waals surface area contributed by atoms with Gasteiger partial charge >= 0.3 is 5.97 Å². The first-order chi connectivity index (χ1) is 14.4. The molecule has 2 aromatic carbocycles. The summed E-state index contributed by atoms with van der Waals surface area (Å²) in [6.07, 6.45) is 0. The van der Waals surface area contributed by atoms with E-state index in [2.05, 4.69) is 9.82 Å². The van der Waals surface area contributed by atoms with Crippen molar-refractivity contribution >= 4 is 16.0 Å². The second-order valence-electron chi connectivity index (χ2n) is 6.29. The molecule has 9 heteroatoms. The molecule has 0 saturated carbocycles. The fraction of sp³-hybridized carbons (Fsp3) is 0.190. The summed E-state index contributed by atoms with van der Waals surface area (Å²) >= 11 is 0. The maximum atomic E-state index is 12.5. The van der Waals surface area contributed by atoms with Crippen molar-refractivity contribution in [3.8, 4) is 11.3 Å². The summed E-state index contributed by atoms with van der Waals surface area (Å²) in [4.78, 5) is 23.7. The van der Waals surface area contributed by atoms with Gasteiger partial charge in [0, 0.05) is 18.2 Å². The minimum Gasteiger partial charge on any atom is -0.462 e. The summed E-state index contributed by atoms with van der Waals surface area (Å²) in [5.74, 6) is -0.516. The van der Waals surface area contributed by atoms with E-state index in [0.717, 1.165) is 5.56 Å². The van der Waals surface area contributed by atoms with Crippen molar-refractivity contribution < 1.29 is 17.9 Å². The van der Waals surface area contributed by atoms with E-state index >= 15 is 0 Å². The second kappa shape index (κ2) is 9.47. The first kappa shape index (κ1) is 21.4. The van der Waals surface area contributed by atoms with E-state index in [1.807, 2.05) is 30.3 Å². The highest BCUT2D eigenvalue weighted by molar-refractivity contribution is 7.89. The number of hydrogen-bond acceptors (Lipinski definition) is 6. The highest BCUT2D eigenvalue weighted by Gasteiger charge is 2.15. The molecule has 1 N–H and O–H groups in total. The van der Waals surface area contributed by atoms with Crippen molar-refractivity contribution in [1.29, 1.82) is 0 Å². The Morgan fingerprint density at radius 2 is 1.73 bits per heavy atom. The van der Waals surface area contributed by atoms with Crippen molar-refractivity contribution in [3.63, 3.8) is 0 Å². The van der Waals surface area contributed by atoms with E-state index in [1.54, 1.807) is 13.0 Å². The Kier molecular flexibility index (Phi) is 6.76. The number of nitrogens with one attached hydrogen (secondary N) is 1. The van der Waals surface area contributed by atoms with Crippen LogP contribution in [0.4, 0.5) is 0 Å². The number of sulfonamides is 1. The zero-order chi connectivity index (χ0) is 21.6. The third kappa shape index (κ3) is 5.19. The van der Waals surface area contributed by atoms with Crippen LogP contribution in [0.1, 0.15) is 17.3 Å². The highest BCUT2D eigenvalue weighted by atomic mass is 32.2. The quantitative estimate of drug-likeness (QED) is 0.552. The van der Waals surface area contributed by atoms with E-state index in [9.17, 15) is 18.0 Å². The molecule has 156 valence electrons. The van der Waals surface area contributed by atoms with Crippen LogP contribution in [0, 0.1) is 0 Å². The van der Waals surface area contributed by atoms with Crippen LogP contribution in [0.25, 0.3) is 11.3 Å². The molecule has 0 fully saturated rings. The lowest BCUT2D eigenvalue weighted by molar-refractivity contribution is 0.0526. The first-order valence-corrected chi connectivity index (χ1v) is 10.8. The van der Waals surface area contributed by atoms with Gasteiger partial charge in [-0.2, -0.15) is 5.10 Å². The Balaban J connectivity index is 1.67. The predicted octanol–water partition coefficient (Wildman–Crippen LogP) is 2.07. The SMILES string of the molecule is CCOC(=O)c1ccc(S(=O)(=O)NCCn2nc(-c3ccccc3)ccc2=O)cc1. The number of nitrogens with zero attached hydrogens (tertiary/aromatic N) is 2. The molecule has 0 aliphatic carbocycles. The van der Waals surface area contributed by atoms with E-state index in [4.69, 9.17) is 4.74 Å². The number of esters is 1. The summed E-state index contributed by atoms with van der Waals surface area (Å²) in [5.41, 5.74) is 1.41. The third-order valence-electron chi connectivity index (χ3n) is 4.23. The van der Waals surface area contributed by atoms with Gasteiger partial charge in [-0.25, -0.2) is 22.6 Å². The topological polar surface area (TPSA) is 107 Å². The molecule has 1 heterocycles.